The van der Waals surface area contributed by atoms with E-state index < -0.39 is 18.1 Å². The van der Waals surface area contributed by atoms with E-state index in [1.54, 1.807) is 26.0 Å². The molecular formula is C20H31NO4. The molecule has 1 amide bonds. The van der Waals surface area contributed by atoms with E-state index >= 15 is 0 Å². The lowest BCUT2D eigenvalue weighted by molar-refractivity contribution is -0.140. The summed E-state index contributed by atoms with van der Waals surface area (Å²) in [5.74, 6) is -0.919. The summed E-state index contributed by atoms with van der Waals surface area (Å²) >= 11 is 0. The Bertz CT molecular complexity index is 597. The lowest BCUT2D eigenvalue weighted by atomic mass is 9.72. The van der Waals surface area contributed by atoms with Crippen LogP contribution in [0, 0.1) is 11.3 Å². The lowest BCUT2D eigenvalue weighted by Crippen LogP contribution is -2.45. The van der Waals surface area contributed by atoms with Crippen molar-refractivity contribution in [3.05, 3.63) is 29.8 Å². The maximum absolute atomic E-state index is 11.9. The standard InChI is InChI=1S/C20H31NO4/c1-13(2)16(17(22)23)21-18(24)25-15-10-8-14(9-11-15)20(6,7)12-19(3,4)5/h8-11,13,16H,12H2,1-7H3,(H,21,24)(H,22,23)/t16-/m0/s1. The molecule has 1 atom stereocenters. The molecule has 1 rings (SSSR count). The molecule has 0 aliphatic heterocycles. The van der Waals surface area contributed by atoms with E-state index in [1.165, 1.54) is 5.56 Å². The van der Waals surface area contributed by atoms with Gasteiger partial charge in [0.05, 0.1) is 0 Å². The molecule has 5 heteroatoms. The molecule has 1 aromatic rings. The van der Waals surface area contributed by atoms with Gasteiger partial charge in [0.1, 0.15) is 11.8 Å². The number of benzene rings is 1. The first kappa shape index (κ1) is 21.0. The number of carboxylic acid groups (broad SMARTS) is 1. The number of rotatable bonds is 6. The SMILES string of the molecule is CC(C)[C@H](NC(=O)Oc1ccc(C(C)(C)CC(C)(C)C)cc1)C(=O)O. The highest BCUT2D eigenvalue weighted by Gasteiger charge is 2.27. The zero-order valence-corrected chi connectivity index (χ0v) is 16.3. The van der Waals surface area contributed by atoms with Gasteiger partial charge in [-0.05, 0) is 40.9 Å². The van der Waals surface area contributed by atoms with Crippen molar-refractivity contribution < 1.29 is 19.4 Å². The maximum atomic E-state index is 11.9. The minimum Gasteiger partial charge on any atom is -0.480 e. The van der Waals surface area contributed by atoms with E-state index in [9.17, 15) is 9.59 Å². The van der Waals surface area contributed by atoms with E-state index in [2.05, 4.69) is 39.9 Å². The Morgan fingerprint density at radius 1 is 1.08 bits per heavy atom. The van der Waals surface area contributed by atoms with Gasteiger partial charge in [-0.25, -0.2) is 9.59 Å². The molecule has 0 unspecified atom stereocenters. The Morgan fingerprint density at radius 2 is 1.60 bits per heavy atom. The molecule has 1 aromatic carbocycles. The van der Waals surface area contributed by atoms with Gasteiger partial charge in [-0.3, -0.25) is 0 Å². The van der Waals surface area contributed by atoms with Crippen molar-refractivity contribution >= 4 is 12.1 Å². The van der Waals surface area contributed by atoms with Gasteiger partial charge >= 0.3 is 12.1 Å². The summed E-state index contributed by atoms with van der Waals surface area (Å²) in [7, 11) is 0. The summed E-state index contributed by atoms with van der Waals surface area (Å²) in [4.78, 5) is 23.0. The Morgan fingerprint density at radius 3 is 2.00 bits per heavy atom. The quantitative estimate of drug-likeness (QED) is 0.787. The highest BCUT2D eigenvalue weighted by molar-refractivity contribution is 5.81. The largest absolute Gasteiger partial charge is 0.480 e. The molecule has 0 spiro atoms. The molecule has 0 aromatic heterocycles. The molecule has 0 radical (unpaired) electrons. The molecule has 2 N–H and O–H groups in total. The van der Waals surface area contributed by atoms with Gasteiger partial charge in [-0.1, -0.05) is 60.6 Å². The van der Waals surface area contributed by atoms with Gasteiger partial charge in [0.2, 0.25) is 0 Å². The zero-order chi connectivity index (χ0) is 19.4. The first-order valence-electron chi connectivity index (χ1n) is 8.63. The first-order chi connectivity index (χ1) is 11.3. The van der Waals surface area contributed by atoms with Crippen LogP contribution in [-0.2, 0) is 10.2 Å². The summed E-state index contributed by atoms with van der Waals surface area (Å²) in [6.07, 6.45) is 0.262. The molecule has 140 valence electrons. The fourth-order valence-corrected chi connectivity index (χ4v) is 3.18. The average molecular weight is 349 g/mol. The number of carbonyl (C=O) groups excluding carboxylic acids is 1. The van der Waals surface area contributed by atoms with Crippen LogP contribution in [0.1, 0.15) is 60.5 Å². The molecular weight excluding hydrogens is 318 g/mol. The molecule has 25 heavy (non-hydrogen) atoms. The lowest BCUT2D eigenvalue weighted by Gasteiger charge is -2.33. The Balaban J connectivity index is 2.77. The summed E-state index contributed by atoms with van der Waals surface area (Å²) in [5, 5.41) is 11.5. The molecule has 0 aliphatic rings. The normalized spacial score (nSPS) is 13.4. The van der Waals surface area contributed by atoms with Gasteiger partial charge < -0.3 is 15.2 Å². The Labute approximate surface area is 150 Å². The van der Waals surface area contributed by atoms with Gasteiger partial charge in [-0.15, -0.1) is 0 Å². The van der Waals surface area contributed by atoms with Crippen molar-refractivity contribution in [1.82, 2.24) is 5.32 Å². The second-order valence-corrected chi connectivity index (χ2v) is 8.74. The molecule has 0 fully saturated rings. The van der Waals surface area contributed by atoms with Crippen molar-refractivity contribution in [2.24, 2.45) is 11.3 Å². The maximum Gasteiger partial charge on any atom is 0.413 e. The molecule has 0 bridgehead atoms. The topological polar surface area (TPSA) is 75.6 Å². The summed E-state index contributed by atoms with van der Waals surface area (Å²) in [5.41, 5.74) is 1.38. The highest BCUT2D eigenvalue weighted by Crippen LogP contribution is 2.36. The minimum absolute atomic E-state index is 0.00504. The van der Waals surface area contributed by atoms with Crippen LogP contribution in [0.2, 0.25) is 0 Å². The van der Waals surface area contributed by atoms with Crippen LogP contribution < -0.4 is 10.1 Å². The van der Waals surface area contributed by atoms with Crippen LogP contribution in [0.5, 0.6) is 5.75 Å². The summed E-state index contributed by atoms with van der Waals surface area (Å²) in [6, 6.07) is 6.41. The number of hydrogen-bond donors (Lipinski definition) is 2. The van der Waals surface area contributed by atoms with Crippen LogP contribution in [0.15, 0.2) is 24.3 Å². The number of ether oxygens (including phenoxy) is 1. The van der Waals surface area contributed by atoms with E-state index in [-0.39, 0.29) is 16.7 Å². The van der Waals surface area contributed by atoms with E-state index in [0.29, 0.717) is 5.75 Å². The molecule has 5 nitrogen and oxygen atoms in total. The molecule has 0 saturated heterocycles. The van der Waals surface area contributed by atoms with Crippen molar-refractivity contribution in [2.75, 3.05) is 0 Å². The smallest absolute Gasteiger partial charge is 0.413 e. The Hall–Kier alpha value is -2.04. The summed E-state index contributed by atoms with van der Waals surface area (Å²) in [6.45, 7) is 14.5. The number of amides is 1. The third-order valence-corrected chi connectivity index (χ3v) is 4.02. The van der Waals surface area contributed by atoms with Gasteiger partial charge in [-0.2, -0.15) is 0 Å². The Kier molecular flexibility index (Phi) is 6.63. The van der Waals surface area contributed by atoms with E-state index in [4.69, 9.17) is 9.84 Å². The van der Waals surface area contributed by atoms with Crippen LogP contribution in [-0.4, -0.2) is 23.2 Å². The van der Waals surface area contributed by atoms with Gasteiger partial charge in [0.25, 0.3) is 0 Å². The van der Waals surface area contributed by atoms with E-state index in [0.717, 1.165) is 6.42 Å². The minimum atomic E-state index is -1.08. The van der Waals surface area contributed by atoms with Crippen LogP contribution in [0.25, 0.3) is 0 Å². The highest BCUT2D eigenvalue weighted by atomic mass is 16.6. The van der Waals surface area contributed by atoms with Gasteiger partial charge in [0, 0.05) is 0 Å². The first-order valence-corrected chi connectivity index (χ1v) is 8.63. The second kappa shape index (κ2) is 7.89. The predicted octanol–water partition coefficient (Wildman–Crippen LogP) is 4.60. The van der Waals surface area contributed by atoms with Crippen LogP contribution in [0.4, 0.5) is 4.79 Å². The molecule has 0 aliphatic carbocycles. The third-order valence-electron chi connectivity index (χ3n) is 4.02. The van der Waals surface area contributed by atoms with Crippen molar-refractivity contribution in [3.63, 3.8) is 0 Å². The summed E-state index contributed by atoms with van der Waals surface area (Å²) < 4.78 is 5.20. The molecule has 0 saturated carbocycles. The third kappa shape index (κ3) is 6.77. The number of carbonyl (C=O) groups is 2. The fraction of sp³-hybridized carbons (Fsp3) is 0.600. The van der Waals surface area contributed by atoms with E-state index in [1.807, 2.05) is 12.1 Å². The van der Waals surface area contributed by atoms with Crippen molar-refractivity contribution in [1.29, 1.82) is 0 Å². The monoisotopic (exact) mass is 349 g/mol. The number of nitrogens with one attached hydrogen (secondary N) is 1. The zero-order valence-electron chi connectivity index (χ0n) is 16.3. The number of carboxylic acids is 1. The predicted molar refractivity (Wildman–Crippen MR) is 99.0 cm³/mol. The number of hydrogen-bond acceptors (Lipinski definition) is 3. The van der Waals surface area contributed by atoms with Gasteiger partial charge in [0.15, 0.2) is 0 Å². The van der Waals surface area contributed by atoms with Crippen molar-refractivity contribution in [2.45, 2.75) is 66.3 Å². The molecule has 0 heterocycles. The average Bonchev–Trinajstić information content (AvgIpc) is 2.42. The van der Waals surface area contributed by atoms with Crippen LogP contribution in [0.3, 0.4) is 0 Å². The van der Waals surface area contributed by atoms with Crippen LogP contribution >= 0.6 is 0 Å². The van der Waals surface area contributed by atoms with Crippen molar-refractivity contribution in [3.8, 4) is 5.75 Å². The number of aliphatic carboxylic acids is 1. The fourth-order valence-electron chi connectivity index (χ4n) is 3.18. The second-order valence-electron chi connectivity index (χ2n) is 8.74.